The van der Waals surface area contributed by atoms with E-state index in [2.05, 4.69) is 20.3 Å². The number of alkyl halides is 3. The molecular formula is C14H9F3N4O4S. The van der Waals surface area contributed by atoms with Gasteiger partial charge in [-0.3, -0.25) is 14.9 Å². The molecule has 0 aromatic carbocycles. The molecule has 0 aliphatic heterocycles. The number of amides is 1. The number of anilines is 1. The van der Waals surface area contributed by atoms with Crippen LogP contribution < -0.4 is 14.8 Å². The largest absolute Gasteiger partial charge is 0.480 e. The van der Waals surface area contributed by atoms with Crippen molar-refractivity contribution < 1.29 is 32.2 Å². The van der Waals surface area contributed by atoms with E-state index in [0.29, 0.717) is 11.3 Å². The molecular weight excluding hydrogens is 377 g/mol. The van der Waals surface area contributed by atoms with Crippen LogP contribution >= 0.6 is 11.3 Å². The molecule has 0 saturated heterocycles. The second-order valence-electron chi connectivity index (χ2n) is 4.30. The lowest BCUT2D eigenvalue weighted by molar-refractivity contribution is -0.140. The third-order valence-corrected chi connectivity index (χ3v) is 3.64. The maximum atomic E-state index is 13.0. The Hall–Kier alpha value is -3.20. The van der Waals surface area contributed by atoms with E-state index in [1.54, 1.807) is 0 Å². The van der Waals surface area contributed by atoms with Crippen LogP contribution in [0.25, 0.3) is 0 Å². The van der Waals surface area contributed by atoms with E-state index in [1.165, 1.54) is 14.2 Å². The van der Waals surface area contributed by atoms with Crippen LogP contribution in [0.4, 0.5) is 18.3 Å². The Bertz CT molecular complexity index is 880. The lowest BCUT2D eigenvalue weighted by Crippen LogP contribution is -2.16. The molecule has 0 aliphatic rings. The van der Waals surface area contributed by atoms with Crippen LogP contribution in [0.15, 0.2) is 6.33 Å². The standard InChI is InChI=1S/C14H9F3N4O4S/c1-24-11-8(12(25-2)19-6-18-11)10(23)21-13-20-9(14(15,16)17)7(26-13)4-3-5-22/h5-6H,1-2H3,(H,20,21,23). The first-order chi connectivity index (χ1) is 12.3. The number of hydrogen-bond acceptors (Lipinski definition) is 8. The maximum Gasteiger partial charge on any atom is 0.435 e. The first kappa shape index (κ1) is 19.1. The molecule has 0 saturated carbocycles. The Morgan fingerprint density at radius 1 is 1.27 bits per heavy atom. The van der Waals surface area contributed by atoms with Crippen LogP contribution in [0.1, 0.15) is 20.9 Å². The Balaban J connectivity index is 2.42. The van der Waals surface area contributed by atoms with Crippen molar-refractivity contribution in [2.24, 2.45) is 0 Å². The molecule has 8 nitrogen and oxygen atoms in total. The average molecular weight is 386 g/mol. The molecule has 26 heavy (non-hydrogen) atoms. The van der Waals surface area contributed by atoms with Crippen LogP contribution in [0.5, 0.6) is 11.8 Å². The van der Waals surface area contributed by atoms with E-state index in [0.717, 1.165) is 6.33 Å². The zero-order chi connectivity index (χ0) is 19.3. The highest BCUT2D eigenvalue weighted by Gasteiger charge is 2.37. The zero-order valence-electron chi connectivity index (χ0n) is 13.2. The van der Waals surface area contributed by atoms with Gasteiger partial charge in [-0.05, 0) is 11.8 Å². The fourth-order valence-electron chi connectivity index (χ4n) is 1.76. The van der Waals surface area contributed by atoms with Gasteiger partial charge in [0.15, 0.2) is 22.7 Å². The number of aldehydes is 1. The van der Waals surface area contributed by atoms with Crippen molar-refractivity contribution in [3.05, 3.63) is 22.5 Å². The third-order valence-electron chi connectivity index (χ3n) is 2.75. The van der Waals surface area contributed by atoms with Crippen molar-refractivity contribution in [3.63, 3.8) is 0 Å². The molecule has 0 bridgehead atoms. The molecule has 1 amide bonds. The highest BCUT2D eigenvalue weighted by atomic mass is 32.1. The summed E-state index contributed by atoms with van der Waals surface area (Å²) in [6, 6.07) is 0. The van der Waals surface area contributed by atoms with E-state index in [-0.39, 0.29) is 28.7 Å². The maximum absolute atomic E-state index is 13.0. The molecule has 2 aromatic heterocycles. The fraction of sp³-hybridized carbons (Fsp3) is 0.214. The molecule has 0 aliphatic carbocycles. The highest BCUT2D eigenvalue weighted by molar-refractivity contribution is 7.16. The summed E-state index contributed by atoms with van der Waals surface area (Å²) in [5.41, 5.74) is -1.53. The Kier molecular flexibility index (Phi) is 5.73. The summed E-state index contributed by atoms with van der Waals surface area (Å²) in [4.78, 5) is 33.0. The lowest BCUT2D eigenvalue weighted by atomic mass is 10.3. The number of aromatic nitrogens is 3. The van der Waals surface area contributed by atoms with Crippen molar-refractivity contribution in [1.82, 2.24) is 15.0 Å². The summed E-state index contributed by atoms with van der Waals surface area (Å²) in [6.45, 7) is 0. The summed E-state index contributed by atoms with van der Waals surface area (Å²) in [5.74, 6) is 2.76. The number of halogens is 3. The van der Waals surface area contributed by atoms with Crippen molar-refractivity contribution >= 4 is 28.7 Å². The van der Waals surface area contributed by atoms with Crippen LogP contribution in [0.3, 0.4) is 0 Å². The lowest BCUT2D eigenvalue weighted by Gasteiger charge is -2.09. The van der Waals surface area contributed by atoms with Gasteiger partial charge >= 0.3 is 6.18 Å². The number of carbonyl (C=O) groups excluding carboxylic acids is 2. The number of nitrogens with one attached hydrogen (secondary N) is 1. The molecule has 12 heteroatoms. The predicted octanol–water partition coefficient (Wildman–Crippen LogP) is 1.77. The van der Waals surface area contributed by atoms with Crippen molar-refractivity contribution in [1.29, 1.82) is 0 Å². The summed E-state index contributed by atoms with van der Waals surface area (Å²) in [7, 11) is 2.49. The van der Waals surface area contributed by atoms with Gasteiger partial charge in [-0.1, -0.05) is 11.3 Å². The summed E-state index contributed by atoms with van der Waals surface area (Å²) < 4.78 is 48.9. The van der Waals surface area contributed by atoms with Gasteiger partial charge in [0.05, 0.1) is 14.2 Å². The van der Waals surface area contributed by atoms with Crippen molar-refractivity contribution in [2.45, 2.75) is 6.18 Å². The minimum Gasteiger partial charge on any atom is -0.480 e. The number of ether oxygens (including phenoxy) is 2. The molecule has 2 rings (SSSR count). The fourth-order valence-corrected chi connectivity index (χ4v) is 2.61. The van der Waals surface area contributed by atoms with E-state index < -0.39 is 22.7 Å². The van der Waals surface area contributed by atoms with E-state index in [1.807, 2.05) is 11.8 Å². The topological polar surface area (TPSA) is 103 Å². The van der Waals surface area contributed by atoms with Crippen LogP contribution in [-0.4, -0.2) is 41.4 Å². The van der Waals surface area contributed by atoms with E-state index in [9.17, 15) is 22.8 Å². The van der Waals surface area contributed by atoms with Crippen LogP contribution in [0.2, 0.25) is 0 Å². The van der Waals surface area contributed by atoms with Crippen LogP contribution in [0, 0.1) is 11.8 Å². The van der Waals surface area contributed by atoms with Gasteiger partial charge in [0.1, 0.15) is 11.2 Å². The Labute approximate surface area is 148 Å². The highest BCUT2D eigenvalue weighted by Crippen LogP contribution is 2.36. The average Bonchev–Trinajstić information content (AvgIpc) is 3.01. The number of thiazole rings is 1. The molecule has 1 N–H and O–H groups in total. The smallest absolute Gasteiger partial charge is 0.435 e. The van der Waals surface area contributed by atoms with E-state index >= 15 is 0 Å². The second kappa shape index (κ2) is 7.79. The number of hydrogen-bond donors (Lipinski definition) is 1. The molecule has 0 spiro atoms. The summed E-state index contributed by atoms with van der Waals surface area (Å²) >= 11 is 0.458. The van der Waals surface area contributed by atoms with Gasteiger partial charge in [0, 0.05) is 0 Å². The molecule has 0 radical (unpaired) electrons. The summed E-state index contributed by atoms with van der Waals surface area (Å²) in [5, 5.41) is 1.81. The molecule has 2 aromatic rings. The normalized spacial score (nSPS) is 10.5. The minimum atomic E-state index is -4.81. The Morgan fingerprint density at radius 3 is 2.38 bits per heavy atom. The van der Waals surface area contributed by atoms with E-state index in [4.69, 9.17) is 9.47 Å². The van der Waals surface area contributed by atoms with Gasteiger partial charge in [-0.15, -0.1) is 0 Å². The van der Waals surface area contributed by atoms with Gasteiger partial charge < -0.3 is 9.47 Å². The number of rotatable bonds is 4. The van der Waals surface area contributed by atoms with Gasteiger partial charge in [0.2, 0.25) is 11.8 Å². The van der Waals surface area contributed by atoms with Crippen LogP contribution in [-0.2, 0) is 11.0 Å². The van der Waals surface area contributed by atoms with Gasteiger partial charge in [-0.25, -0.2) is 15.0 Å². The SMILES string of the molecule is COc1ncnc(OC)c1C(=O)Nc1nc(C(F)(F)F)c(C#CC=O)s1. The Morgan fingerprint density at radius 2 is 1.88 bits per heavy atom. The van der Waals surface area contributed by atoms with Crippen molar-refractivity contribution in [3.8, 4) is 23.6 Å². The van der Waals surface area contributed by atoms with Gasteiger partial charge in [-0.2, -0.15) is 13.2 Å². The molecule has 136 valence electrons. The molecule has 0 atom stereocenters. The first-order valence-electron chi connectivity index (χ1n) is 6.59. The number of carbonyl (C=O) groups is 2. The predicted molar refractivity (Wildman–Crippen MR) is 83.1 cm³/mol. The monoisotopic (exact) mass is 386 g/mol. The first-order valence-corrected chi connectivity index (χ1v) is 7.41. The second-order valence-corrected chi connectivity index (χ2v) is 5.30. The number of nitrogens with zero attached hydrogens (tertiary/aromatic N) is 3. The summed E-state index contributed by atoms with van der Waals surface area (Å²) in [6.07, 6.45) is -3.57. The quantitative estimate of drug-likeness (QED) is 0.631. The zero-order valence-corrected chi connectivity index (χ0v) is 14.0. The molecule has 0 unspecified atom stereocenters. The minimum absolute atomic E-state index is 0.136. The third kappa shape index (κ3) is 4.06. The molecule has 2 heterocycles. The number of methoxy groups -OCH3 is 2. The van der Waals surface area contributed by atoms with Gasteiger partial charge in [0.25, 0.3) is 5.91 Å². The van der Waals surface area contributed by atoms with Crippen molar-refractivity contribution in [2.75, 3.05) is 19.5 Å². The molecule has 0 fully saturated rings.